The van der Waals surface area contributed by atoms with Crippen molar-refractivity contribution < 1.29 is 14.6 Å². The number of hydrogen-bond donors (Lipinski definition) is 1. The molecule has 0 aliphatic rings. The number of benzene rings is 2. The van der Waals surface area contributed by atoms with Crippen LogP contribution in [0.1, 0.15) is 15.9 Å². The fourth-order valence-electron chi connectivity index (χ4n) is 1.63. The normalized spacial score (nSPS) is 10.3. The van der Waals surface area contributed by atoms with Gasteiger partial charge in [0, 0.05) is 15.5 Å². The molecule has 0 aromatic heterocycles. The van der Waals surface area contributed by atoms with E-state index in [0.29, 0.717) is 11.6 Å². The molecule has 20 heavy (non-hydrogen) atoms. The van der Waals surface area contributed by atoms with Crippen molar-refractivity contribution in [2.45, 2.75) is 11.5 Å². The van der Waals surface area contributed by atoms with Gasteiger partial charge in [-0.15, -0.1) is 11.8 Å². The molecule has 0 saturated heterocycles. The van der Waals surface area contributed by atoms with Gasteiger partial charge >= 0.3 is 5.97 Å². The minimum atomic E-state index is -0.993. The van der Waals surface area contributed by atoms with E-state index in [2.05, 4.69) is 0 Å². The van der Waals surface area contributed by atoms with E-state index in [1.165, 1.54) is 17.0 Å². The van der Waals surface area contributed by atoms with Gasteiger partial charge in [-0.1, -0.05) is 17.7 Å². The van der Waals surface area contributed by atoms with Crippen LogP contribution in [0.25, 0.3) is 0 Å². The van der Waals surface area contributed by atoms with Crippen molar-refractivity contribution in [1.29, 1.82) is 0 Å². The van der Waals surface area contributed by atoms with Crippen molar-refractivity contribution in [2.75, 3.05) is 6.26 Å². The van der Waals surface area contributed by atoms with Crippen LogP contribution in [0.4, 0.5) is 0 Å². The molecule has 0 aliphatic heterocycles. The molecule has 3 nitrogen and oxygen atoms in total. The van der Waals surface area contributed by atoms with Crippen molar-refractivity contribution in [3.63, 3.8) is 0 Å². The van der Waals surface area contributed by atoms with E-state index >= 15 is 0 Å². The molecule has 0 saturated carbocycles. The third-order valence-electron chi connectivity index (χ3n) is 2.75. The van der Waals surface area contributed by atoms with Gasteiger partial charge in [-0.2, -0.15) is 0 Å². The smallest absolute Gasteiger partial charge is 0.335 e. The number of hydrogen-bond acceptors (Lipinski definition) is 3. The van der Waals surface area contributed by atoms with E-state index in [4.69, 9.17) is 21.4 Å². The summed E-state index contributed by atoms with van der Waals surface area (Å²) in [6.45, 7) is 0.303. The number of halogens is 1. The second-order valence-corrected chi connectivity index (χ2v) is 5.36. The third kappa shape index (κ3) is 3.68. The van der Waals surface area contributed by atoms with Gasteiger partial charge in [0.15, 0.2) is 0 Å². The SMILES string of the molecule is CSc1ccc(OCc2ccc(C(=O)O)cc2Cl)cc1. The van der Waals surface area contributed by atoms with Crippen LogP contribution in [0.3, 0.4) is 0 Å². The molecule has 2 aromatic carbocycles. The number of carboxylic acids is 1. The van der Waals surface area contributed by atoms with Crippen LogP contribution in [-0.2, 0) is 6.61 Å². The number of aromatic carboxylic acids is 1. The van der Waals surface area contributed by atoms with E-state index in [-0.39, 0.29) is 5.56 Å². The lowest BCUT2D eigenvalue weighted by atomic mass is 10.1. The van der Waals surface area contributed by atoms with Gasteiger partial charge in [0.25, 0.3) is 0 Å². The van der Waals surface area contributed by atoms with Gasteiger partial charge in [-0.3, -0.25) is 0 Å². The molecule has 0 heterocycles. The highest BCUT2D eigenvalue weighted by molar-refractivity contribution is 7.98. The van der Waals surface area contributed by atoms with E-state index in [0.717, 1.165) is 11.3 Å². The molecule has 1 N–H and O–H groups in total. The Labute approximate surface area is 126 Å². The Kier molecular flexibility index (Phi) is 4.93. The number of ether oxygens (including phenoxy) is 1. The zero-order valence-corrected chi connectivity index (χ0v) is 12.4. The molecule has 2 rings (SSSR count). The molecule has 5 heteroatoms. The number of rotatable bonds is 5. The van der Waals surface area contributed by atoms with Gasteiger partial charge in [0.1, 0.15) is 12.4 Å². The largest absolute Gasteiger partial charge is 0.489 e. The van der Waals surface area contributed by atoms with E-state index in [1.54, 1.807) is 17.8 Å². The fraction of sp³-hybridized carbons (Fsp3) is 0.133. The molecule has 0 aliphatic carbocycles. The first-order chi connectivity index (χ1) is 9.60. The lowest BCUT2D eigenvalue weighted by Crippen LogP contribution is -2.00. The molecule has 0 fully saturated rings. The summed E-state index contributed by atoms with van der Waals surface area (Å²) in [5.41, 5.74) is 0.925. The van der Waals surface area contributed by atoms with Crippen molar-refractivity contribution in [3.8, 4) is 5.75 Å². The predicted octanol–water partition coefficient (Wildman–Crippen LogP) is 4.34. The first-order valence-corrected chi connectivity index (χ1v) is 7.49. The Bertz CT molecular complexity index is 611. The minimum absolute atomic E-state index is 0.170. The van der Waals surface area contributed by atoms with E-state index in [1.807, 2.05) is 30.5 Å². The summed E-state index contributed by atoms with van der Waals surface area (Å²) in [5.74, 6) is -0.242. The van der Waals surface area contributed by atoms with Crippen LogP contribution in [0, 0.1) is 0 Å². The summed E-state index contributed by atoms with van der Waals surface area (Å²) in [6.07, 6.45) is 2.01. The van der Waals surface area contributed by atoms with Crippen LogP contribution in [0.2, 0.25) is 5.02 Å². The standard InChI is InChI=1S/C15H13ClO3S/c1-20-13-6-4-12(5-7-13)19-9-11-3-2-10(15(17)18)8-14(11)16/h2-8H,9H2,1H3,(H,17,18). The number of carboxylic acid groups (broad SMARTS) is 1. The first kappa shape index (κ1) is 14.8. The van der Waals surface area contributed by atoms with Crippen LogP contribution < -0.4 is 4.74 Å². The Morgan fingerprint density at radius 2 is 1.95 bits per heavy atom. The minimum Gasteiger partial charge on any atom is -0.489 e. The summed E-state index contributed by atoms with van der Waals surface area (Å²) in [4.78, 5) is 12.0. The summed E-state index contributed by atoms with van der Waals surface area (Å²) in [6, 6.07) is 12.4. The highest BCUT2D eigenvalue weighted by Crippen LogP contribution is 2.22. The van der Waals surface area contributed by atoms with Crippen molar-refractivity contribution in [2.24, 2.45) is 0 Å². The second-order valence-electron chi connectivity index (χ2n) is 4.08. The molecule has 104 valence electrons. The van der Waals surface area contributed by atoms with E-state index in [9.17, 15) is 4.79 Å². The van der Waals surface area contributed by atoms with Crippen LogP contribution >= 0.6 is 23.4 Å². The van der Waals surface area contributed by atoms with Gasteiger partial charge in [0.05, 0.1) is 5.56 Å². The highest BCUT2D eigenvalue weighted by Gasteiger charge is 2.07. The van der Waals surface area contributed by atoms with Crippen molar-refractivity contribution in [1.82, 2.24) is 0 Å². The van der Waals surface area contributed by atoms with Crippen LogP contribution in [-0.4, -0.2) is 17.3 Å². The zero-order chi connectivity index (χ0) is 14.5. The number of thioether (sulfide) groups is 1. The molecular formula is C15H13ClO3S. The summed E-state index contributed by atoms with van der Waals surface area (Å²) in [7, 11) is 0. The van der Waals surface area contributed by atoms with Crippen LogP contribution in [0.5, 0.6) is 5.75 Å². The second kappa shape index (κ2) is 6.68. The first-order valence-electron chi connectivity index (χ1n) is 5.88. The molecule has 0 spiro atoms. The predicted molar refractivity (Wildman–Crippen MR) is 81.0 cm³/mol. The summed E-state index contributed by atoms with van der Waals surface area (Å²) >= 11 is 7.71. The maximum atomic E-state index is 10.8. The molecular weight excluding hydrogens is 296 g/mol. The Morgan fingerprint density at radius 3 is 2.50 bits per heavy atom. The van der Waals surface area contributed by atoms with Crippen LogP contribution in [0.15, 0.2) is 47.4 Å². The Balaban J connectivity index is 2.04. The quantitative estimate of drug-likeness (QED) is 0.835. The van der Waals surface area contributed by atoms with Gasteiger partial charge in [-0.25, -0.2) is 4.79 Å². The average molecular weight is 309 g/mol. The van der Waals surface area contributed by atoms with Gasteiger partial charge in [-0.05, 0) is 42.7 Å². The fourth-order valence-corrected chi connectivity index (χ4v) is 2.27. The molecule has 0 amide bonds. The molecule has 0 atom stereocenters. The molecule has 0 radical (unpaired) electrons. The van der Waals surface area contributed by atoms with Gasteiger partial charge in [0.2, 0.25) is 0 Å². The Hall–Kier alpha value is -1.65. The lowest BCUT2D eigenvalue weighted by molar-refractivity contribution is 0.0697. The topological polar surface area (TPSA) is 46.5 Å². The molecule has 0 unspecified atom stereocenters. The van der Waals surface area contributed by atoms with Crippen molar-refractivity contribution >= 4 is 29.3 Å². The monoisotopic (exact) mass is 308 g/mol. The number of carbonyl (C=O) groups is 1. The maximum absolute atomic E-state index is 10.8. The highest BCUT2D eigenvalue weighted by atomic mass is 35.5. The molecule has 0 bridgehead atoms. The molecule has 2 aromatic rings. The van der Waals surface area contributed by atoms with E-state index < -0.39 is 5.97 Å². The third-order valence-corrected chi connectivity index (χ3v) is 3.85. The maximum Gasteiger partial charge on any atom is 0.335 e. The van der Waals surface area contributed by atoms with Gasteiger partial charge < -0.3 is 9.84 Å². The zero-order valence-electron chi connectivity index (χ0n) is 10.8. The Morgan fingerprint density at radius 1 is 1.25 bits per heavy atom. The summed E-state index contributed by atoms with van der Waals surface area (Å²) < 4.78 is 5.63. The summed E-state index contributed by atoms with van der Waals surface area (Å²) in [5, 5.41) is 9.26. The average Bonchev–Trinajstić information content (AvgIpc) is 2.46. The lowest BCUT2D eigenvalue weighted by Gasteiger charge is -2.09. The van der Waals surface area contributed by atoms with Crippen molar-refractivity contribution in [3.05, 3.63) is 58.6 Å².